The van der Waals surface area contributed by atoms with E-state index < -0.39 is 55.7 Å². The van der Waals surface area contributed by atoms with Gasteiger partial charge >= 0.3 is 12.1 Å². The van der Waals surface area contributed by atoms with Crippen LogP contribution in [0.4, 0.5) is 18.9 Å². The van der Waals surface area contributed by atoms with Crippen LogP contribution in [0.2, 0.25) is 0 Å². The van der Waals surface area contributed by atoms with E-state index in [0.717, 1.165) is 37.4 Å². The molecule has 0 aliphatic rings. The maximum Gasteiger partial charge on any atom is 0.418 e. The van der Waals surface area contributed by atoms with E-state index in [2.05, 4.69) is 4.74 Å². The molecule has 0 saturated carbocycles. The Bertz CT molecular complexity index is 959. The van der Waals surface area contributed by atoms with Crippen LogP contribution in [0.5, 0.6) is 5.75 Å². The number of carbonyl (C=O) groups excluding carboxylic acids is 1. The summed E-state index contributed by atoms with van der Waals surface area (Å²) in [5, 5.41) is 19.1. The Morgan fingerprint density at radius 2 is 1.81 bits per heavy atom. The number of phenols is 1. The van der Waals surface area contributed by atoms with Crippen LogP contribution < -0.4 is 4.72 Å². The molecule has 11 heteroatoms. The lowest BCUT2D eigenvalue weighted by Crippen LogP contribution is -2.23. The fraction of sp³-hybridized carbons (Fsp3) is 0.188. The zero-order valence-corrected chi connectivity index (χ0v) is 14.5. The molecule has 0 aliphatic heterocycles. The molecule has 146 valence electrons. The Morgan fingerprint density at radius 3 is 2.41 bits per heavy atom. The Labute approximate surface area is 152 Å². The molecule has 0 aromatic heterocycles. The molecule has 2 aromatic rings. The summed E-state index contributed by atoms with van der Waals surface area (Å²) >= 11 is 0. The highest BCUT2D eigenvalue weighted by molar-refractivity contribution is 7.92. The summed E-state index contributed by atoms with van der Waals surface area (Å²) in [6.45, 7) is 0. The maximum absolute atomic E-state index is 12.8. The monoisotopic (exact) mass is 405 g/mol. The van der Waals surface area contributed by atoms with Crippen molar-refractivity contribution in [1.82, 2.24) is 0 Å². The number of benzene rings is 2. The summed E-state index contributed by atoms with van der Waals surface area (Å²) in [6, 6.07) is 7.14. The zero-order valence-electron chi connectivity index (χ0n) is 13.7. The number of ether oxygens (including phenoxy) is 1. The molecular weight excluding hydrogens is 391 g/mol. The van der Waals surface area contributed by atoms with E-state index in [9.17, 15) is 36.6 Å². The van der Waals surface area contributed by atoms with Gasteiger partial charge in [-0.1, -0.05) is 18.2 Å². The third-order valence-corrected chi connectivity index (χ3v) is 4.86. The smallest absolute Gasteiger partial charge is 0.418 e. The number of halogens is 3. The molecule has 2 aromatic carbocycles. The van der Waals surface area contributed by atoms with Gasteiger partial charge in [-0.3, -0.25) is 4.72 Å². The minimum atomic E-state index is -5.00. The van der Waals surface area contributed by atoms with Crippen LogP contribution in [0.25, 0.3) is 0 Å². The summed E-state index contributed by atoms with van der Waals surface area (Å²) in [5.74, 6) is -1.54. The van der Waals surface area contributed by atoms with Gasteiger partial charge in [0, 0.05) is 5.56 Å². The molecule has 0 saturated heterocycles. The van der Waals surface area contributed by atoms with Gasteiger partial charge in [0.1, 0.15) is 11.3 Å². The van der Waals surface area contributed by atoms with Crippen molar-refractivity contribution in [3.05, 3.63) is 53.6 Å². The molecule has 0 aliphatic carbocycles. The first-order chi connectivity index (χ1) is 12.5. The van der Waals surface area contributed by atoms with E-state index in [1.165, 1.54) is 12.1 Å². The summed E-state index contributed by atoms with van der Waals surface area (Å²) in [7, 11) is -3.42. The lowest BCUT2D eigenvalue weighted by molar-refractivity contribution is -0.206. The summed E-state index contributed by atoms with van der Waals surface area (Å²) in [4.78, 5) is 11.1. The molecule has 2 rings (SSSR count). The number of phenolic OH excluding ortho intramolecular Hbond substituents is 1. The number of aliphatic hydroxyl groups is 1. The first-order valence-corrected chi connectivity index (χ1v) is 8.73. The molecular formula is C16H14F3NO6S. The first kappa shape index (κ1) is 20.5. The highest BCUT2D eigenvalue weighted by atomic mass is 32.2. The van der Waals surface area contributed by atoms with Gasteiger partial charge in [-0.15, -0.1) is 0 Å². The molecule has 0 heterocycles. The Kier molecular flexibility index (Phi) is 5.66. The van der Waals surface area contributed by atoms with Crippen LogP contribution in [-0.2, 0) is 14.8 Å². The molecule has 27 heavy (non-hydrogen) atoms. The Hall–Kier alpha value is -2.79. The van der Waals surface area contributed by atoms with Gasteiger partial charge in [-0.2, -0.15) is 13.2 Å². The quantitative estimate of drug-likeness (QED) is 0.659. The van der Waals surface area contributed by atoms with Crippen molar-refractivity contribution in [2.45, 2.75) is 17.2 Å². The van der Waals surface area contributed by atoms with Crippen molar-refractivity contribution in [3.8, 4) is 5.75 Å². The molecule has 0 radical (unpaired) electrons. The lowest BCUT2D eigenvalue weighted by Gasteiger charge is -2.19. The number of aromatic hydroxyl groups is 1. The number of carbonyl (C=O) groups is 1. The largest absolute Gasteiger partial charge is 0.507 e. The fourth-order valence-electron chi connectivity index (χ4n) is 2.16. The third-order valence-electron chi connectivity index (χ3n) is 3.49. The molecule has 3 N–H and O–H groups in total. The van der Waals surface area contributed by atoms with Gasteiger partial charge in [-0.25, -0.2) is 13.2 Å². The predicted octanol–water partition coefficient (Wildman–Crippen LogP) is 2.58. The lowest BCUT2D eigenvalue weighted by atomic mass is 10.1. The van der Waals surface area contributed by atoms with Crippen molar-refractivity contribution in [1.29, 1.82) is 0 Å². The highest BCUT2D eigenvalue weighted by Gasteiger charge is 2.40. The number of esters is 1. The van der Waals surface area contributed by atoms with Crippen LogP contribution in [0.15, 0.2) is 47.4 Å². The van der Waals surface area contributed by atoms with Crippen molar-refractivity contribution < 1.29 is 41.3 Å². The summed E-state index contributed by atoms with van der Waals surface area (Å²) in [5.41, 5.74) is -1.63. The minimum absolute atomic E-state index is 0.441. The highest BCUT2D eigenvalue weighted by Crippen LogP contribution is 2.36. The average molecular weight is 405 g/mol. The third kappa shape index (κ3) is 4.49. The van der Waals surface area contributed by atoms with Crippen LogP contribution in [0, 0.1) is 0 Å². The van der Waals surface area contributed by atoms with E-state index in [0.29, 0.717) is 0 Å². The molecule has 1 atom stereocenters. The molecule has 0 bridgehead atoms. The van der Waals surface area contributed by atoms with Crippen molar-refractivity contribution in [2.75, 3.05) is 11.8 Å². The number of nitrogens with one attached hydrogen (secondary N) is 1. The zero-order chi connectivity index (χ0) is 20.4. The number of aliphatic hydroxyl groups excluding tert-OH is 1. The predicted molar refractivity (Wildman–Crippen MR) is 87.7 cm³/mol. The van der Waals surface area contributed by atoms with Crippen LogP contribution in [0.1, 0.15) is 22.0 Å². The van der Waals surface area contributed by atoms with Gasteiger partial charge in [0.2, 0.25) is 0 Å². The maximum atomic E-state index is 12.8. The minimum Gasteiger partial charge on any atom is -0.507 e. The van der Waals surface area contributed by atoms with Gasteiger partial charge < -0.3 is 14.9 Å². The summed E-state index contributed by atoms with van der Waals surface area (Å²) < 4.78 is 69.7. The van der Waals surface area contributed by atoms with Crippen molar-refractivity contribution >= 4 is 21.7 Å². The number of hydrogen-bond donors (Lipinski definition) is 3. The van der Waals surface area contributed by atoms with Gasteiger partial charge in [-0.05, 0) is 24.3 Å². The molecule has 1 unspecified atom stereocenters. The van der Waals surface area contributed by atoms with Gasteiger partial charge in [0.25, 0.3) is 10.0 Å². The molecule has 0 fully saturated rings. The second kappa shape index (κ2) is 7.45. The van der Waals surface area contributed by atoms with Gasteiger partial charge in [0.15, 0.2) is 6.10 Å². The number of anilines is 1. The van der Waals surface area contributed by atoms with Crippen molar-refractivity contribution in [3.63, 3.8) is 0 Å². The van der Waals surface area contributed by atoms with Crippen LogP contribution >= 0.6 is 0 Å². The Balaban J connectivity index is 2.45. The number of hydrogen-bond acceptors (Lipinski definition) is 6. The number of para-hydroxylation sites is 1. The van der Waals surface area contributed by atoms with Crippen molar-refractivity contribution in [2.24, 2.45) is 0 Å². The number of methoxy groups -OCH3 is 1. The van der Waals surface area contributed by atoms with E-state index in [1.807, 2.05) is 4.72 Å². The molecule has 7 nitrogen and oxygen atoms in total. The number of rotatable bonds is 5. The second-order valence-corrected chi connectivity index (χ2v) is 6.99. The second-order valence-electron chi connectivity index (χ2n) is 5.31. The fourth-order valence-corrected chi connectivity index (χ4v) is 3.28. The van der Waals surface area contributed by atoms with E-state index in [-0.39, 0.29) is 0 Å². The van der Waals surface area contributed by atoms with E-state index in [4.69, 9.17) is 0 Å². The number of sulfonamides is 1. The SMILES string of the molecule is COC(=O)c1cc(S(=O)(=O)Nc2ccccc2C(O)C(F)(F)F)ccc1O. The van der Waals surface area contributed by atoms with Crippen LogP contribution in [-0.4, -0.2) is 37.9 Å². The van der Waals surface area contributed by atoms with E-state index >= 15 is 0 Å². The topological polar surface area (TPSA) is 113 Å². The summed E-state index contributed by atoms with van der Waals surface area (Å²) in [6.07, 6.45) is -7.90. The van der Waals surface area contributed by atoms with Crippen LogP contribution in [0.3, 0.4) is 0 Å². The van der Waals surface area contributed by atoms with Gasteiger partial charge in [0.05, 0.1) is 17.7 Å². The average Bonchev–Trinajstić information content (AvgIpc) is 2.60. The van der Waals surface area contributed by atoms with E-state index in [1.54, 1.807) is 0 Å². The molecule has 0 amide bonds. The molecule has 0 spiro atoms. The normalized spacial score (nSPS) is 13.1. The number of alkyl halides is 3. The standard InChI is InChI=1S/C16H14F3NO6S/c1-26-15(23)11-8-9(6-7-13(11)21)27(24,25)20-12-5-3-2-4-10(12)14(22)16(17,18)19/h2-8,14,20-22H,1H3. The Morgan fingerprint density at radius 1 is 1.19 bits per heavy atom. The first-order valence-electron chi connectivity index (χ1n) is 7.25.